The zero-order valence-electron chi connectivity index (χ0n) is 11.1. The van der Waals surface area contributed by atoms with Crippen molar-refractivity contribution >= 4 is 33.6 Å². The van der Waals surface area contributed by atoms with E-state index in [0.29, 0.717) is 17.6 Å². The highest BCUT2D eigenvalue weighted by Gasteiger charge is 2.25. The van der Waals surface area contributed by atoms with Gasteiger partial charge in [0.25, 0.3) is 0 Å². The van der Waals surface area contributed by atoms with Crippen LogP contribution in [0.3, 0.4) is 0 Å². The molecule has 1 aromatic carbocycles. The van der Waals surface area contributed by atoms with E-state index >= 15 is 0 Å². The van der Waals surface area contributed by atoms with Gasteiger partial charge in [-0.1, -0.05) is 6.07 Å². The Morgan fingerprint density at radius 2 is 2.24 bits per heavy atom. The molecular formula is C13H15BrN2O5. The van der Waals surface area contributed by atoms with Crippen molar-refractivity contribution in [3.8, 4) is 0 Å². The number of amides is 2. The van der Waals surface area contributed by atoms with E-state index in [4.69, 9.17) is 14.9 Å². The number of aliphatic hydroxyl groups is 1. The van der Waals surface area contributed by atoms with Crippen LogP contribution in [-0.2, 0) is 4.74 Å². The number of para-hydroxylation sites is 1. The van der Waals surface area contributed by atoms with E-state index < -0.39 is 18.1 Å². The fourth-order valence-electron chi connectivity index (χ4n) is 2.03. The number of benzene rings is 1. The van der Waals surface area contributed by atoms with E-state index in [2.05, 4.69) is 21.2 Å². The van der Waals surface area contributed by atoms with Crippen molar-refractivity contribution in [2.24, 2.45) is 0 Å². The summed E-state index contributed by atoms with van der Waals surface area (Å²) in [6, 6.07) is 4.22. The maximum Gasteiger partial charge on any atom is 0.337 e. The van der Waals surface area contributed by atoms with E-state index in [9.17, 15) is 9.59 Å². The van der Waals surface area contributed by atoms with Crippen LogP contribution in [0.15, 0.2) is 22.7 Å². The van der Waals surface area contributed by atoms with Gasteiger partial charge in [0.2, 0.25) is 0 Å². The number of nitrogens with zero attached hydrogens (tertiary/aromatic N) is 1. The number of anilines is 1. The van der Waals surface area contributed by atoms with Crippen molar-refractivity contribution in [2.75, 3.05) is 31.6 Å². The van der Waals surface area contributed by atoms with Crippen LogP contribution < -0.4 is 5.32 Å². The lowest BCUT2D eigenvalue weighted by Crippen LogP contribution is -2.48. The number of morpholine rings is 1. The molecule has 114 valence electrons. The molecule has 0 aromatic heterocycles. The number of carbonyl (C=O) groups excluding carboxylic acids is 1. The molecule has 1 heterocycles. The highest BCUT2D eigenvalue weighted by atomic mass is 79.9. The third-order valence-corrected chi connectivity index (χ3v) is 3.77. The predicted molar refractivity (Wildman–Crippen MR) is 78.5 cm³/mol. The Hall–Kier alpha value is -1.64. The van der Waals surface area contributed by atoms with Gasteiger partial charge in [-0.2, -0.15) is 0 Å². The number of ether oxygens (including phenoxy) is 1. The first-order valence-electron chi connectivity index (χ1n) is 6.33. The Morgan fingerprint density at radius 3 is 2.90 bits per heavy atom. The van der Waals surface area contributed by atoms with E-state index in [1.165, 1.54) is 11.0 Å². The fraction of sp³-hybridized carbons (Fsp3) is 0.385. The highest BCUT2D eigenvalue weighted by Crippen LogP contribution is 2.27. The largest absolute Gasteiger partial charge is 0.478 e. The first kappa shape index (κ1) is 15.7. The highest BCUT2D eigenvalue weighted by molar-refractivity contribution is 9.10. The molecule has 1 unspecified atom stereocenters. The topological polar surface area (TPSA) is 99.1 Å². The first-order valence-corrected chi connectivity index (χ1v) is 7.12. The van der Waals surface area contributed by atoms with Crippen LogP contribution in [0.2, 0.25) is 0 Å². The number of hydrogen-bond donors (Lipinski definition) is 3. The summed E-state index contributed by atoms with van der Waals surface area (Å²) in [4.78, 5) is 24.9. The quantitative estimate of drug-likeness (QED) is 0.757. The molecule has 0 saturated carbocycles. The van der Waals surface area contributed by atoms with Crippen molar-refractivity contribution in [1.82, 2.24) is 4.90 Å². The average Bonchev–Trinajstić information content (AvgIpc) is 2.49. The summed E-state index contributed by atoms with van der Waals surface area (Å²) >= 11 is 3.23. The van der Waals surface area contributed by atoms with Gasteiger partial charge in [-0.25, -0.2) is 9.59 Å². The minimum atomic E-state index is -1.12. The molecule has 1 atom stereocenters. The maximum atomic E-state index is 12.2. The molecule has 1 aromatic rings. The minimum Gasteiger partial charge on any atom is -0.478 e. The van der Waals surface area contributed by atoms with E-state index in [-0.39, 0.29) is 24.4 Å². The lowest BCUT2D eigenvalue weighted by atomic mass is 10.2. The number of rotatable bonds is 3. The molecule has 21 heavy (non-hydrogen) atoms. The van der Waals surface area contributed by atoms with Gasteiger partial charge < -0.3 is 25.2 Å². The second-order valence-corrected chi connectivity index (χ2v) is 5.37. The lowest BCUT2D eigenvalue weighted by Gasteiger charge is -2.32. The molecule has 7 nitrogen and oxygen atoms in total. The summed E-state index contributed by atoms with van der Waals surface area (Å²) in [5, 5.41) is 20.8. The van der Waals surface area contributed by atoms with Gasteiger partial charge in [-0.15, -0.1) is 0 Å². The minimum absolute atomic E-state index is 0.00435. The standard InChI is InChI=1S/C13H15BrN2O5/c14-10-3-1-2-9(12(18)19)11(10)15-13(20)16-4-5-21-8(6-16)7-17/h1-3,8,17H,4-7H2,(H,15,20)(H,18,19). The number of carbonyl (C=O) groups is 2. The predicted octanol–water partition coefficient (Wildman–Crippen LogP) is 1.37. The van der Waals surface area contributed by atoms with Crippen molar-refractivity contribution in [1.29, 1.82) is 0 Å². The SMILES string of the molecule is O=C(O)c1cccc(Br)c1NC(=O)N1CCOC(CO)C1. The molecule has 1 aliphatic rings. The Bertz CT molecular complexity index is 551. The lowest BCUT2D eigenvalue weighted by molar-refractivity contribution is -0.0388. The Kier molecular flexibility index (Phi) is 5.16. The number of carboxylic acid groups (broad SMARTS) is 1. The van der Waals surface area contributed by atoms with E-state index in [1.807, 2.05) is 0 Å². The van der Waals surface area contributed by atoms with Gasteiger partial charge in [0.05, 0.1) is 37.1 Å². The van der Waals surface area contributed by atoms with Crippen LogP contribution in [0, 0.1) is 0 Å². The van der Waals surface area contributed by atoms with E-state index in [0.717, 1.165) is 0 Å². The van der Waals surface area contributed by atoms with Crippen LogP contribution in [0.4, 0.5) is 10.5 Å². The molecule has 0 radical (unpaired) electrons. The maximum absolute atomic E-state index is 12.2. The number of aliphatic hydroxyl groups excluding tert-OH is 1. The monoisotopic (exact) mass is 358 g/mol. The molecular weight excluding hydrogens is 344 g/mol. The summed E-state index contributed by atoms with van der Waals surface area (Å²) in [5.74, 6) is -1.12. The van der Waals surface area contributed by atoms with Gasteiger partial charge in [-0.05, 0) is 28.1 Å². The van der Waals surface area contributed by atoms with Crippen LogP contribution in [0.1, 0.15) is 10.4 Å². The molecule has 3 N–H and O–H groups in total. The Balaban J connectivity index is 2.14. The second-order valence-electron chi connectivity index (χ2n) is 4.52. The summed E-state index contributed by atoms with van der Waals surface area (Å²) in [5.41, 5.74) is 0.215. The molecule has 2 rings (SSSR count). The van der Waals surface area contributed by atoms with E-state index in [1.54, 1.807) is 12.1 Å². The van der Waals surface area contributed by atoms with Gasteiger partial charge in [-0.3, -0.25) is 0 Å². The molecule has 1 aliphatic heterocycles. The number of aromatic carboxylic acids is 1. The zero-order valence-corrected chi connectivity index (χ0v) is 12.7. The molecule has 0 bridgehead atoms. The molecule has 8 heteroatoms. The zero-order chi connectivity index (χ0) is 15.4. The Morgan fingerprint density at radius 1 is 1.48 bits per heavy atom. The summed E-state index contributed by atoms with van der Waals surface area (Å²) < 4.78 is 5.76. The van der Waals surface area contributed by atoms with Gasteiger partial charge >= 0.3 is 12.0 Å². The molecule has 0 spiro atoms. The fourth-order valence-corrected chi connectivity index (χ4v) is 2.49. The van der Waals surface area contributed by atoms with Crippen molar-refractivity contribution in [3.63, 3.8) is 0 Å². The summed E-state index contributed by atoms with van der Waals surface area (Å²) in [6.45, 7) is 0.809. The van der Waals surface area contributed by atoms with Crippen LogP contribution in [-0.4, -0.2) is 59.5 Å². The van der Waals surface area contributed by atoms with Crippen molar-refractivity contribution in [3.05, 3.63) is 28.2 Å². The van der Waals surface area contributed by atoms with Gasteiger partial charge in [0, 0.05) is 11.0 Å². The van der Waals surface area contributed by atoms with Crippen molar-refractivity contribution < 1.29 is 24.5 Å². The summed E-state index contributed by atoms with van der Waals surface area (Å²) in [6.07, 6.45) is -0.414. The third-order valence-electron chi connectivity index (χ3n) is 3.11. The van der Waals surface area contributed by atoms with Gasteiger partial charge in [0.15, 0.2) is 0 Å². The number of halogens is 1. The number of urea groups is 1. The molecule has 2 amide bonds. The first-order chi connectivity index (χ1) is 10.0. The normalized spacial score (nSPS) is 18.4. The molecule has 0 aliphatic carbocycles. The van der Waals surface area contributed by atoms with Crippen LogP contribution >= 0.6 is 15.9 Å². The average molecular weight is 359 g/mol. The molecule has 1 fully saturated rings. The van der Waals surface area contributed by atoms with Gasteiger partial charge in [0.1, 0.15) is 0 Å². The summed E-state index contributed by atoms with van der Waals surface area (Å²) in [7, 11) is 0. The van der Waals surface area contributed by atoms with Crippen molar-refractivity contribution in [2.45, 2.75) is 6.10 Å². The number of hydrogen-bond acceptors (Lipinski definition) is 4. The van der Waals surface area contributed by atoms with Crippen LogP contribution in [0.5, 0.6) is 0 Å². The van der Waals surface area contributed by atoms with Crippen LogP contribution in [0.25, 0.3) is 0 Å². The second kappa shape index (κ2) is 6.88. The third kappa shape index (κ3) is 3.72. The molecule has 1 saturated heterocycles. The number of nitrogens with one attached hydrogen (secondary N) is 1. The number of carboxylic acids is 1. The smallest absolute Gasteiger partial charge is 0.337 e. The Labute approximate surface area is 129 Å².